The predicted molar refractivity (Wildman–Crippen MR) is 94.4 cm³/mol. The van der Waals surface area contributed by atoms with Crippen molar-refractivity contribution in [3.05, 3.63) is 0 Å². The van der Waals surface area contributed by atoms with Gasteiger partial charge in [-0.3, -0.25) is 4.79 Å². The molecule has 0 radical (unpaired) electrons. The van der Waals surface area contributed by atoms with Gasteiger partial charge >= 0.3 is 0 Å². The molecule has 3 atom stereocenters. The zero-order valence-electron chi connectivity index (χ0n) is 14.1. The first-order valence-electron chi connectivity index (χ1n) is 9.36. The molecule has 3 fully saturated rings. The number of fused-ring (bicyclic) bond motifs is 2. The van der Waals surface area contributed by atoms with Crippen molar-refractivity contribution in [3.63, 3.8) is 0 Å². The molecule has 0 saturated heterocycles. The highest BCUT2D eigenvalue weighted by atomic mass is 35.5. The number of hydrogen-bond donors (Lipinski definition) is 3. The van der Waals surface area contributed by atoms with Gasteiger partial charge in [-0.25, -0.2) is 0 Å². The Hall–Kier alpha value is -0.320. The lowest BCUT2D eigenvalue weighted by atomic mass is 9.65. The summed E-state index contributed by atoms with van der Waals surface area (Å²) in [5.41, 5.74) is 6.29. The van der Waals surface area contributed by atoms with E-state index < -0.39 is 0 Å². The lowest BCUT2D eigenvalue weighted by Gasteiger charge is -2.43. The molecule has 5 heteroatoms. The van der Waals surface area contributed by atoms with Crippen LogP contribution in [0.2, 0.25) is 0 Å². The number of aliphatic hydroxyl groups excluding tert-OH is 1. The SMILES string of the molecule is Cl.NC1C2CCCC1CC(C(=O)NCC(O)C1CCCCC1)C2. The van der Waals surface area contributed by atoms with Crippen LogP contribution in [0.5, 0.6) is 0 Å². The second-order valence-electron chi connectivity index (χ2n) is 7.91. The van der Waals surface area contributed by atoms with Gasteiger partial charge in [0.25, 0.3) is 0 Å². The number of amides is 1. The molecule has 3 rings (SSSR count). The summed E-state index contributed by atoms with van der Waals surface area (Å²) in [6.07, 6.45) is 11.1. The van der Waals surface area contributed by atoms with E-state index in [1.807, 2.05) is 0 Å². The molecule has 0 aromatic carbocycles. The predicted octanol–water partition coefficient (Wildman–Crippen LogP) is 2.62. The highest BCUT2D eigenvalue weighted by Gasteiger charge is 2.40. The van der Waals surface area contributed by atoms with E-state index in [1.165, 1.54) is 38.5 Å². The molecule has 3 unspecified atom stereocenters. The highest BCUT2D eigenvalue weighted by molar-refractivity contribution is 5.85. The van der Waals surface area contributed by atoms with Gasteiger partial charge < -0.3 is 16.2 Å². The summed E-state index contributed by atoms with van der Waals surface area (Å²) in [5, 5.41) is 13.3. The first kappa shape index (κ1) is 19.0. The Kier molecular flexibility index (Phi) is 7.18. The van der Waals surface area contributed by atoms with E-state index in [0.717, 1.165) is 25.7 Å². The number of carbonyl (C=O) groups excluding carboxylic acids is 1. The molecule has 23 heavy (non-hydrogen) atoms. The van der Waals surface area contributed by atoms with E-state index in [4.69, 9.17) is 5.73 Å². The Bertz CT molecular complexity index is 373. The molecule has 0 aromatic rings. The number of rotatable bonds is 4. The molecular formula is C18H33ClN2O2. The maximum Gasteiger partial charge on any atom is 0.223 e. The molecule has 0 heterocycles. The van der Waals surface area contributed by atoms with Crippen LogP contribution in [0.4, 0.5) is 0 Å². The first-order valence-corrected chi connectivity index (χ1v) is 9.36. The molecule has 134 valence electrons. The summed E-state index contributed by atoms with van der Waals surface area (Å²) in [4.78, 5) is 12.5. The van der Waals surface area contributed by atoms with E-state index >= 15 is 0 Å². The van der Waals surface area contributed by atoms with E-state index in [1.54, 1.807) is 0 Å². The Balaban J connectivity index is 0.00000192. The maximum absolute atomic E-state index is 12.5. The fourth-order valence-electron chi connectivity index (χ4n) is 5.04. The van der Waals surface area contributed by atoms with Gasteiger partial charge in [0.05, 0.1) is 6.10 Å². The van der Waals surface area contributed by atoms with Crippen molar-refractivity contribution in [2.45, 2.75) is 76.4 Å². The van der Waals surface area contributed by atoms with Crippen LogP contribution in [-0.2, 0) is 4.79 Å². The second-order valence-corrected chi connectivity index (χ2v) is 7.91. The van der Waals surface area contributed by atoms with Crippen molar-refractivity contribution in [1.29, 1.82) is 0 Å². The van der Waals surface area contributed by atoms with E-state index in [0.29, 0.717) is 30.3 Å². The molecule has 3 aliphatic carbocycles. The Morgan fingerprint density at radius 2 is 1.65 bits per heavy atom. The van der Waals surface area contributed by atoms with Gasteiger partial charge in [0.1, 0.15) is 0 Å². The maximum atomic E-state index is 12.5. The fourth-order valence-corrected chi connectivity index (χ4v) is 5.04. The minimum atomic E-state index is -0.366. The topological polar surface area (TPSA) is 75.4 Å². The molecular weight excluding hydrogens is 312 g/mol. The van der Waals surface area contributed by atoms with E-state index in [2.05, 4.69) is 5.32 Å². The number of halogens is 1. The van der Waals surface area contributed by atoms with Crippen LogP contribution in [0, 0.1) is 23.7 Å². The standard InChI is InChI=1S/C18H32N2O2.ClH/c19-17-13-7-4-8-14(17)10-15(9-13)18(22)20-11-16(21)12-5-2-1-3-6-12;/h12-17,21H,1-11,19H2,(H,20,22);1H. The van der Waals surface area contributed by atoms with Crippen molar-refractivity contribution >= 4 is 18.3 Å². The minimum Gasteiger partial charge on any atom is -0.391 e. The van der Waals surface area contributed by atoms with Crippen molar-refractivity contribution in [3.8, 4) is 0 Å². The van der Waals surface area contributed by atoms with Gasteiger partial charge in [-0.05, 0) is 56.3 Å². The summed E-state index contributed by atoms with van der Waals surface area (Å²) in [7, 11) is 0. The fraction of sp³-hybridized carbons (Fsp3) is 0.944. The van der Waals surface area contributed by atoms with Crippen molar-refractivity contribution in [1.82, 2.24) is 5.32 Å². The van der Waals surface area contributed by atoms with Crippen LogP contribution in [0.15, 0.2) is 0 Å². The van der Waals surface area contributed by atoms with Gasteiger partial charge in [-0.15, -0.1) is 12.4 Å². The van der Waals surface area contributed by atoms with Crippen LogP contribution in [-0.4, -0.2) is 29.7 Å². The molecule has 1 amide bonds. The van der Waals surface area contributed by atoms with Crippen LogP contribution in [0.3, 0.4) is 0 Å². The van der Waals surface area contributed by atoms with E-state index in [-0.39, 0.29) is 30.3 Å². The average molecular weight is 345 g/mol. The molecule has 4 N–H and O–H groups in total. The molecule has 2 bridgehead atoms. The van der Waals surface area contributed by atoms with Crippen LogP contribution < -0.4 is 11.1 Å². The molecule has 4 nitrogen and oxygen atoms in total. The number of aliphatic hydroxyl groups is 1. The first-order chi connectivity index (χ1) is 10.6. The van der Waals surface area contributed by atoms with Crippen LogP contribution in [0.1, 0.15) is 64.2 Å². The van der Waals surface area contributed by atoms with Gasteiger partial charge in [0.15, 0.2) is 0 Å². The van der Waals surface area contributed by atoms with Gasteiger partial charge in [-0.2, -0.15) is 0 Å². The third kappa shape index (κ3) is 4.61. The Morgan fingerprint density at radius 3 is 2.26 bits per heavy atom. The molecule has 0 spiro atoms. The summed E-state index contributed by atoms with van der Waals surface area (Å²) in [6, 6.07) is 0.311. The van der Waals surface area contributed by atoms with Gasteiger partial charge in [0, 0.05) is 18.5 Å². The summed E-state index contributed by atoms with van der Waals surface area (Å²) < 4.78 is 0. The normalized spacial score (nSPS) is 35.9. The van der Waals surface area contributed by atoms with Crippen LogP contribution in [0.25, 0.3) is 0 Å². The number of carbonyl (C=O) groups is 1. The summed E-state index contributed by atoms with van der Waals surface area (Å²) in [6.45, 7) is 0.432. The number of nitrogens with one attached hydrogen (secondary N) is 1. The van der Waals surface area contributed by atoms with Crippen LogP contribution >= 0.6 is 12.4 Å². The minimum absolute atomic E-state index is 0. The lowest BCUT2D eigenvalue weighted by Crippen LogP contribution is -2.49. The quantitative estimate of drug-likeness (QED) is 0.733. The lowest BCUT2D eigenvalue weighted by molar-refractivity contribution is -0.128. The third-order valence-corrected chi connectivity index (χ3v) is 6.46. The Morgan fingerprint density at radius 1 is 1.04 bits per heavy atom. The van der Waals surface area contributed by atoms with Crippen molar-refractivity contribution in [2.75, 3.05) is 6.54 Å². The molecule has 0 aliphatic heterocycles. The zero-order chi connectivity index (χ0) is 15.5. The monoisotopic (exact) mass is 344 g/mol. The highest BCUT2D eigenvalue weighted by Crippen LogP contribution is 2.41. The molecule has 3 aliphatic rings. The number of nitrogens with two attached hydrogens (primary N) is 1. The van der Waals surface area contributed by atoms with Gasteiger partial charge in [-0.1, -0.05) is 25.7 Å². The van der Waals surface area contributed by atoms with E-state index in [9.17, 15) is 9.90 Å². The Labute approximate surface area is 146 Å². The van der Waals surface area contributed by atoms with Gasteiger partial charge in [0.2, 0.25) is 5.91 Å². The number of hydrogen-bond acceptors (Lipinski definition) is 3. The molecule has 3 saturated carbocycles. The molecule has 0 aromatic heterocycles. The average Bonchev–Trinajstić information content (AvgIpc) is 2.53. The smallest absolute Gasteiger partial charge is 0.223 e. The largest absolute Gasteiger partial charge is 0.391 e. The summed E-state index contributed by atoms with van der Waals surface area (Å²) in [5.74, 6) is 1.72. The third-order valence-electron chi connectivity index (χ3n) is 6.46. The summed E-state index contributed by atoms with van der Waals surface area (Å²) >= 11 is 0. The second kappa shape index (κ2) is 8.68. The van der Waals surface area contributed by atoms with Crippen molar-refractivity contribution in [2.24, 2.45) is 29.4 Å². The van der Waals surface area contributed by atoms with Crippen molar-refractivity contribution < 1.29 is 9.90 Å². The zero-order valence-corrected chi connectivity index (χ0v) is 14.9.